The lowest BCUT2D eigenvalue weighted by Gasteiger charge is -2.48. The Labute approximate surface area is 229 Å². The standard InChI is InChI=1S/C27H20N2O4S4/c28-21-25(31)29-22(27(32)33-23(15-7-3-1-4-8-15)16-9-5-2-6-10-16)19(14-35-26(21)29)37-20-13-17(30)24-18(36-20)11-12-34-24/h1-13,21,23,26H,14,28H2/t21-,26-/m1/s1. The molecule has 2 atom stereocenters. The molecule has 37 heavy (non-hydrogen) atoms. The van der Waals surface area contributed by atoms with Crippen LogP contribution in [0.25, 0.3) is 9.40 Å². The van der Waals surface area contributed by atoms with Crippen molar-refractivity contribution >= 4 is 67.5 Å². The van der Waals surface area contributed by atoms with Gasteiger partial charge in [-0.1, -0.05) is 72.4 Å². The van der Waals surface area contributed by atoms with E-state index in [9.17, 15) is 14.4 Å². The Hall–Kier alpha value is -2.89. The highest BCUT2D eigenvalue weighted by Gasteiger charge is 2.52. The predicted molar refractivity (Wildman–Crippen MR) is 151 cm³/mol. The van der Waals surface area contributed by atoms with E-state index in [0.717, 1.165) is 24.7 Å². The molecule has 186 valence electrons. The van der Waals surface area contributed by atoms with Gasteiger partial charge in [0.05, 0.1) is 13.6 Å². The summed E-state index contributed by atoms with van der Waals surface area (Å²) in [7, 11) is 0. The number of carbonyl (C=O) groups is 2. The Morgan fingerprint density at radius 3 is 2.38 bits per heavy atom. The van der Waals surface area contributed by atoms with Crippen LogP contribution in [0.4, 0.5) is 0 Å². The van der Waals surface area contributed by atoms with Crippen LogP contribution >= 0.6 is 46.2 Å². The Morgan fingerprint density at radius 2 is 1.70 bits per heavy atom. The molecule has 4 heterocycles. The first-order valence-electron chi connectivity index (χ1n) is 11.4. The highest BCUT2D eigenvalue weighted by molar-refractivity contribution is 8.07. The van der Waals surface area contributed by atoms with Crippen molar-refractivity contribution in [2.75, 3.05) is 5.75 Å². The quantitative estimate of drug-likeness (QED) is 0.254. The average molecular weight is 565 g/mol. The third-order valence-corrected chi connectivity index (χ3v) is 11.0. The van der Waals surface area contributed by atoms with Crippen LogP contribution in [0.3, 0.4) is 0 Å². The first-order valence-corrected chi connectivity index (χ1v) is 15.0. The zero-order valence-corrected chi connectivity index (χ0v) is 22.5. The van der Waals surface area contributed by atoms with Crippen molar-refractivity contribution in [1.82, 2.24) is 4.90 Å². The van der Waals surface area contributed by atoms with Crippen LogP contribution in [0.15, 0.2) is 97.8 Å². The number of thiophene rings is 1. The number of hydrogen-bond donors (Lipinski definition) is 1. The van der Waals surface area contributed by atoms with Crippen LogP contribution in [0.5, 0.6) is 0 Å². The number of rotatable bonds is 6. The zero-order chi connectivity index (χ0) is 25.5. The van der Waals surface area contributed by atoms with Gasteiger partial charge in [-0.2, -0.15) is 0 Å². The maximum absolute atomic E-state index is 13.8. The van der Waals surface area contributed by atoms with Gasteiger partial charge in [0.2, 0.25) is 5.91 Å². The minimum absolute atomic E-state index is 0.0485. The lowest BCUT2D eigenvalue weighted by Crippen LogP contribution is -2.68. The van der Waals surface area contributed by atoms with Gasteiger partial charge in [0.1, 0.15) is 17.1 Å². The van der Waals surface area contributed by atoms with E-state index in [0.29, 0.717) is 10.7 Å². The molecule has 1 saturated heterocycles. The van der Waals surface area contributed by atoms with E-state index in [1.54, 1.807) is 6.07 Å². The molecular weight excluding hydrogens is 545 g/mol. The molecule has 0 spiro atoms. The fraction of sp³-hybridized carbons (Fsp3) is 0.148. The number of thioether (sulfide) groups is 2. The third kappa shape index (κ3) is 4.53. The summed E-state index contributed by atoms with van der Waals surface area (Å²) in [4.78, 5) is 41.4. The van der Waals surface area contributed by atoms with Crippen molar-refractivity contribution in [3.63, 3.8) is 0 Å². The second kappa shape index (κ2) is 10.1. The molecule has 10 heteroatoms. The van der Waals surface area contributed by atoms with E-state index in [4.69, 9.17) is 10.5 Å². The smallest absolute Gasteiger partial charge is 0.356 e. The number of nitrogens with two attached hydrogens (primary N) is 1. The summed E-state index contributed by atoms with van der Waals surface area (Å²) in [6.45, 7) is 0. The van der Waals surface area contributed by atoms with Crippen molar-refractivity contribution in [3.05, 3.63) is 110 Å². The Kier molecular flexibility index (Phi) is 6.68. The van der Waals surface area contributed by atoms with Gasteiger partial charge in [-0.05, 0) is 22.6 Å². The monoisotopic (exact) mass is 564 g/mol. The van der Waals surface area contributed by atoms with Crippen molar-refractivity contribution in [2.45, 2.75) is 21.7 Å². The minimum atomic E-state index is -0.656. The molecule has 2 aliphatic heterocycles. The fourth-order valence-corrected chi connectivity index (χ4v) is 9.12. The van der Waals surface area contributed by atoms with Gasteiger partial charge < -0.3 is 10.5 Å². The second-order valence-electron chi connectivity index (χ2n) is 8.46. The van der Waals surface area contributed by atoms with E-state index < -0.39 is 18.1 Å². The molecule has 0 aliphatic carbocycles. The van der Waals surface area contributed by atoms with Gasteiger partial charge in [0, 0.05) is 16.7 Å². The van der Waals surface area contributed by atoms with Crippen LogP contribution in [-0.4, -0.2) is 33.9 Å². The van der Waals surface area contributed by atoms with Crippen LogP contribution in [0.1, 0.15) is 17.2 Å². The van der Waals surface area contributed by atoms with E-state index in [2.05, 4.69) is 0 Å². The van der Waals surface area contributed by atoms with Crippen LogP contribution < -0.4 is 11.2 Å². The molecule has 2 N–H and O–H groups in total. The summed E-state index contributed by atoms with van der Waals surface area (Å²) in [5, 5.41) is 1.58. The SMILES string of the molecule is N[C@@H]1C(=O)N2C(C(=O)OC(c3ccccc3)c3ccccc3)=C(Sc3cc(=O)c4sccc4s3)CS[C@H]12. The van der Waals surface area contributed by atoms with Crippen LogP contribution in [-0.2, 0) is 14.3 Å². The molecule has 4 aromatic rings. The molecule has 2 aromatic carbocycles. The van der Waals surface area contributed by atoms with Crippen molar-refractivity contribution in [1.29, 1.82) is 0 Å². The number of amides is 1. The van der Waals surface area contributed by atoms with E-state index in [1.807, 2.05) is 72.1 Å². The number of carbonyl (C=O) groups excluding carboxylic acids is 2. The van der Waals surface area contributed by atoms with Gasteiger partial charge in [0.15, 0.2) is 11.5 Å². The number of β-lactam (4-membered cyclic amide) rings is 1. The second-order valence-corrected chi connectivity index (χ2v) is 13.0. The Bertz CT molecular complexity index is 1540. The minimum Gasteiger partial charge on any atom is -0.448 e. The Balaban J connectivity index is 1.39. The lowest BCUT2D eigenvalue weighted by atomic mass is 10.0. The Morgan fingerprint density at radius 1 is 1.03 bits per heavy atom. The summed E-state index contributed by atoms with van der Waals surface area (Å²) < 4.78 is 8.52. The first-order chi connectivity index (χ1) is 18.0. The fourth-order valence-electron chi connectivity index (χ4n) is 4.34. The lowest BCUT2D eigenvalue weighted by molar-refractivity contribution is -0.152. The largest absolute Gasteiger partial charge is 0.448 e. The molecule has 6 rings (SSSR count). The topological polar surface area (TPSA) is 89.7 Å². The molecule has 0 radical (unpaired) electrons. The van der Waals surface area contributed by atoms with Gasteiger partial charge in [-0.3, -0.25) is 14.5 Å². The van der Waals surface area contributed by atoms with Gasteiger partial charge >= 0.3 is 5.97 Å². The highest BCUT2D eigenvalue weighted by atomic mass is 32.2. The molecule has 0 saturated carbocycles. The average Bonchev–Trinajstić information content (AvgIpc) is 3.41. The number of benzene rings is 2. The maximum atomic E-state index is 13.8. The van der Waals surface area contributed by atoms with E-state index >= 15 is 0 Å². The normalized spacial score (nSPS) is 19.2. The molecule has 1 amide bonds. The summed E-state index contributed by atoms with van der Waals surface area (Å²) in [6.07, 6.45) is -0.648. The molecule has 2 aromatic heterocycles. The van der Waals surface area contributed by atoms with Crippen LogP contribution in [0, 0.1) is 0 Å². The highest BCUT2D eigenvalue weighted by Crippen LogP contribution is 2.46. The molecule has 6 nitrogen and oxygen atoms in total. The molecule has 1 fully saturated rings. The summed E-state index contributed by atoms with van der Waals surface area (Å²) in [6, 6.07) is 21.9. The van der Waals surface area contributed by atoms with Crippen molar-refractivity contribution < 1.29 is 14.3 Å². The summed E-state index contributed by atoms with van der Waals surface area (Å²) in [5.74, 6) is -0.407. The van der Waals surface area contributed by atoms with E-state index in [-0.39, 0.29) is 22.4 Å². The number of nitrogens with zero attached hydrogens (tertiary/aromatic N) is 1. The van der Waals surface area contributed by atoms with Gasteiger partial charge in [0.25, 0.3) is 0 Å². The van der Waals surface area contributed by atoms with Crippen LogP contribution in [0.2, 0.25) is 0 Å². The maximum Gasteiger partial charge on any atom is 0.356 e. The molecular formula is C27H20N2O4S4. The summed E-state index contributed by atoms with van der Waals surface area (Å²) >= 11 is 5.77. The van der Waals surface area contributed by atoms with Crippen molar-refractivity contribution in [2.24, 2.45) is 5.73 Å². The zero-order valence-electron chi connectivity index (χ0n) is 19.2. The number of ether oxygens (including phenoxy) is 1. The third-order valence-electron chi connectivity index (χ3n) is 6.13. The first kappa shape index (κ1) is 24.4. The van der Waals surface area contributed by atoms with Gasteiger partial charge in [-0.25, -0.2) is 4.79 Å². The number of hydrogen-bond acceptors (Lipinski definition) is 9. The molecule has 0 unspecified atom stereocenters. The van der Waals surface area contributed by atoms with Crippen molar-refractivity contribution in [3.8, 4) is 0 Å². The summed E-state index contributed by atoms with van der Waals surface area (Å²) in [5.41, 5.74) is 7.87. The molecule has 2 aliphatic rings. The van der Waals surface area contributed by atoms with Gasteiger partial charge in [-0.15, -0.1) is 34.4 Å². The predicted octanol–water partition coefficient (Wildman–Crippen LogP) is 5.20. The molecule has 0 bridgehead atoms. The number of fused-ring (bicyclic) bond motifs is 2. The van der Waals surface area contributed by atoms with E-state index in [1.165, 1.54) is 51.1 Å². The number of esters is 1.